The van der Waals surface area contributed by atoms with Crippen LogP contribution in [0.25, 0.3) is 0 Å². The number of pyridine rings is 1. The summed E-state index contributed by atoms with van der Waals surface area (Å²) in [5.74, 6) is 1.46. The second kappa shape index (κ2) is 6.48. The van der Waals surface area contributed by atoms with E-state index in [4.69, 9.17) is 21.1 Å². The molecule has 0 bridgehead atoms. The maximum atomic E-state index is 5.91. The molecule has 0 atom stereocenters. The maximum Gasteiger partial charge on any atom is 0.165 e. The molecular formula is C15H17ClN2O2. The van der Waals surface area contributed by atoms with Gasteiger partial charge in [-0.2, -0.15) is 0 Å². The minimum absolute atomic E-state index is 0.523. The van der Waals surface area contributed by atoms with Gasteiger partial charge in [-0.3, -0.25) is 0 Å². The van der Waals surface area contributed by atoms with Crippen LogP contribution < -0.4 is 14.8 Å². The predicted octanol–water partition coefficient (Wildman–Crippen LogP) is 3.67. The van der Waals surface area contributed by atoms with Crippen molar-refractivity contribution in [2.24, 2.45) is 0 Å². The Bertz CT molecular complexity index is 602. The van der Waals surface area contributed by atoms with Gasteiger partial charge in [0.05, 0.1) is 26.1 Å². The number of nitrogens with one attached hydrogen (secondary N) is 1. The van der Waals surface area contributed by atoms with Crippen molar-refractivity contribution >= 4 is 17.3 Å². The van der Waals surface area contributed by atoms with Crippen LogP contribution in [-0.4, -0.2) is 19.2 Å². The number of hydrogen-bond donors (Lipinski definition) is 1. The van der Waals surface area contributed by atoms with Gasteiger partial charge in [-0.25, -0.2) is 4.98 Å². The van der Waals surface area contributed by atoms with Crippen molar-refractivity contribution in [1.29, 1.82) is 0 Å². The van der Waals surface area contributed by atoms with Gasteiger partial charge in [-0.1, -0.05) is 23.7 Å². The number of methoxy groups -OCH3 is 2. The molecule has 0 amide bonds. The number of nitrogens with zero attached hydrogens (tertiary/aromatic N) is 1. The molecule has 0 aliphatic carbocycles. The van der Waals surface area contributed by atoms with E-state index in [2.05, 4.69) is 10.3 Å². The van der Waals surface area contributed by atoms with E-state index in [1.54, 1.807) is 20.4 Å². The molecule has 1 aromatic carbocycles. The van der Waals surface area contributed by atoms with E-state index < -0.39 is 0 Å². The third-order valence-corrected chi connectivity index (χ3v) is 3.38. The third kappa shape index (κ3) is 3.14. The van der Waals surface area contributed by atoms with Crippen LogP contribution in [0.2, 0.25) is 5.15 Å². The van der Waals surface area contributed by atoms with Crippen molar-refractivity contribution in [3.63, 3.8) is 0 Å². The van der Waals surface area contributed by atoms with Crippen molar-refractivity contribution in [2.45, 2.75) is 13.5 Å². The molecule has 0 aliphatic heterocycles. The number of benzene rings is 1. The van der Waals surface area contributed by atoms with Crippen LogP contribution in [0, 0.1) is 6.92 Å². The largest absolute Gasteiger partial charge is 0.493 e. The molecule has 2 aromatic rings. The van der Waals surface area contributed by atoms with Gasteiger partial charge in [0.1, 0.15) is 5.15 Å². The van der Waals surface area contributed by atoms with Crippen LogP contribution in [0.4, 0.5) is 5.69 Å². The fourth-order valence-corrected chi connectivity index (χ4v) is 2.05. The lowest BCUT2D eigenvalue weighted by Gasteiger charge is -2.13. The maximum absolute atomic E-state index is 5.91. The Kier molecular flexibility index (Phi) is 4.69. The van der Waals surface area contributed by atoms with Crippen molar-refractivity contribution in [1.82, 2.24) is 4.98 Å². The van der Waals surface area contributed by atoms with Crippen molar-refractivity contribution in [3.8, 4) is 11.5 Å². The average Bonchev–Trinajstić information content (AvgIpc) is 2.47. The standard InChI is InChI=1S/C15H17ClN2O2/c1-10-7-12(9-18-15(10)16)17-8-11-5-4-6-13(19-2)14(11)20-3/h4-7,9,17H,8H2,1-3H3. The fourth-order valence-electron chi connectivity index (χ4n) is 1.94. The summed E-state index contributed by atoms with van der Waals surface area (Å²) in [6.45, 7) is 2.54. The topological polar surface area (TPSA) is 43.4 Å². The second-order valence-electron chi connectivity index (χ2n) is 4.34. The highest BCUT2D eigenvalue weighted by Gasteiger charge is 2.09. The Hall–Kier alpha value is -1.94. The van der Waals surface area contributed by atoms with Crippen LogP contribution in [0.5, 0.6) is 11.5 Å². The number of anilines is 1. The zero-order valence-corrected chi connectivity index (χ0v) is 12.5. The summed E-state index contributed by atoms with van der Waals surface area (Å²) in [7, 11) is 3.26. The van der Waals surface area contributed by atoms with E-state index >= 15 is 0 Å². The summed E-state index contributed by atoms with van der Waals surface area (Å²) in [6.07, 6.45) is 1.71. The van der Waals surface area contributed by atoms with Crippen LogP contribution in [0.15, 0.2) is 30.5 Å². The molecule has 0 saturated carbocycles. The average molecular weight is 293 g/mol. The van der Waals surface area contributed by atoms with Crippen molar-refractivity contribution in [2.75, 3.05) is 19.5 Å². The smallest absolute Gasteiger partial charge is 0.165 e. The van der Waals surface area contributed by atoms with Gasteiger partial charge >= 0.3 is 0 Å². The molecule has 0 radical (unpaired) electrons. The number of aryl methyl sites for hydroxylation is 1. The normalized spacial score (nSPS) is 10.2. The lowest BCUT2D eigenvalue weighted by molar-refractivity contribution is 0.352. The molecule has 4 nitrogen and oxygen atoms in total. The molecule has 2 rings (SSSR count). The third-order valence-electron chi connectivity index (χ3n) is 2.98. The number of ether oxygens (including phenoxy) is 2. The highest BCUT2D eigenvalue weighted by Crippen LogP contribution is 2.31. The number of halogens is 1. The highest BCUT2D eigenvalue weighted by atomic mass is 35.5. The van der Waals surface area contributed by atoms with E-state index in [0.717, 1.165) is 28.3 Å². The monoisotopic (exact) mass is 292 g/mol. The number of aromatic nitrogens is 1. The van der Waals surface area contributed by atoms with E-state index in [-0.39, 0.29) is 0 Å². The lowest BCUT2D eigenvalue weighted by atomic mass is 10.1. The van der Waals surface area contributed by atoms with Crippen LogP contribution >= 0.6 is 11.6 Å². The Morgan fingerprint density at radius 3 is 2.70 bits per heavy atom. The Balaban J connectivity index is 2.16. The zero-order valence-electron chi connectivity index (χ0n) is 11.7. The van der Waals surface area contributed by atoms with Gasteiger partial charge < -0.3 is 14.8 Å². The highest BCUT2D eigenvalue weighted by molar-refractivity contribution is 6.30. The molecule has 20 heavy (non-hydrogen) atoms. The van der Waals surface area contributed by atoms with E-state index in [0.29, 0.717) is 11.7 Å². The Morgan fingerprint density at radius 2 is 2.05 bits per heavy atom. The first-order valence-electron chi connectivity index (χ1n) is 6.21. The first-order chi connectivity index (χ1) is 9.65. The molecule has 0 saturated heterocycles. The molecule has 0 fully saturated rings. The molecule has 5 heteroatoms. The van der Waals surface area contributed by atoms with Crippen LogP contribution in [0.3, 0.4) is 0 Å². The summed E-state index contributed by atoms with van der Waals surface area (Å²) in [4.78, 5) is 4.11. The summed E-state index contributed by atoms with van der Waals surface area (Å²) in [6, 6.07) is 7.76. The summed E-state index contributed by atoms with van der Waals surface area (Å²) >= 11 is 5.91. The second-order valence-corrected chi connectivity index (χ2v) is 4.70. The van der Waals surface area contributed by atoms with E-state index in [1.807, 2.05) is 31.2 Å². The van der Waals surface area contributed by atoms with E-state index in [9.17, 15) is 0 Å². The SMILES string of the molecule is COc1cccc(CNc2cnc(Cl)c(C)c2)c1OC. The van der Waals surface area contributed by atoms with Crippen molar-refractivity contribution < 1.29 is 9.47 Å². The van der Waals surface area contributed by atoms with Crippen LogP contribution in [-0.2, 0) is 6.54 Å². The minimum atomic E-state index is 0.523. The summed E-state index contributed by atoms with van der Waals surface area (Å²) in [5.41, 5.74) is 2.87. The fraction of sp³-hybridized carbons (Fsp3) is 0.267. The van der Waals surface area contributed by atoms with Gasteiger partial charge in [0.2, 0.25) is 0 Å². The number of rotatable bonds is 5. The Morgan fingerprint density at radius 1 is 1.25 bits per heavy atom. The first kappa shape index (κ1) is 14.5. The lowest BCUT2D eigenvalue weighted by Crippen LogP contribution is -2.03. The van der Waals surface area contributed by atoms with Gasteiger partial charge in [0, 0.05) is 12.1 Å². The first-order valence-corrected chi connectivity index (χ1v) is 6.59. The molecule has 0 spiro atoms. The molecule has 106 valence electrons. The Labute approximate surface area is 123 Å². The molecular weight excluding hydrogens is 276 g/mol. The molecule has 1 aromatic heterocycles. The molecule has 1 N–H and O–H groups in total. The molecule has 0 aliphatic rings. The zero-order chi connectivity index (χ0) is 14.5. The van der Waals surface area contributed by atoms with Gasteiger partial charge in [0.25, 0.3) is 0 Å². The minimum Gasteiger partial charge on any atom is -0.493 e. The van der Waals surface area contributed by atoms with E-state index in [1.165, 1.54) is 0 Å². The molecule has 1 heterocycles. The van der Waals surface area contributed by atoms with Gasteiger partial charge in [-0.05, 0) is 24.6 Å². The quantitative estimate of drug-likeness (QED) is 0.854. The van der Waals surface area contributed by atoms with Crippen molar-refractivity contribution in [3.05, 3.63) is 46.7 Å². The summed E-state index contributed by atoms with van der Waals surface area (Å²) < 4.78 is 10.7. The number of hydrogen-bond acceptors (Lipinski definition) is 4. The summed E-state index contributed by atoms with van der Waals surface area (Å²) in [5, 5.41) is 3.82. The van der Waals surface area contributed by atoms with Gasteiger partial charge in [-0.15, -0.1) is 0 Å². The molecule has 0 unspecified atom stereocenters. The predicted molar refractivity (Wildman–Crippen MR) is 80.9 cm³/mol. The number of para-hydroxylation sites is 1. The van der Waals surface area contributed by atoms with Crippen LogP contribution in [0.1, 0.15) is 11.1 Å². The van der Waals surface area contributed by atoms with Gasteiger partial charge in [0.15, 0.2) is 11.5 Å².